The molecule has 1 aromatic carbocycles. The Balaban J connectivity index is 3.20. The molecule has 0 radical (unpaired) electrons. The zero-order valence-corrected chi connectivity index (χ0v) is 9.48. The number of rotatable bonds is 5. The molecule has 0 amide bonds. The first-order valence-electron chi connectivity index (χ1n) is 4.53. The molecule has 0 aliphatic heterocycles. The molecule has 0 aliphatic rings. The Bertz CT molecular complexity index is 528. The van der Waals surface area contributed by atoms with Crippen LogP contribution in [-0.4, -0.2) is 31.6 Å². The number of sulfonamides is 1. The highest BCUT2D eigenvalue weighted by atomic mass is 32.2. The number of nitrogen functional groups attached to an aromatic ring is 1. The van der Waals surface area contributed by atoms with Crippen LogP contribution in [0.1, 0.15) is 0 Å². The first-order chi connectivity index (χ1) is 7.88. The Kier molecular flexibility index (Phi) is 3.99. The number of anilines is 1. The lowest BCUT2D eigenvalue weighted by molar-refractivity contribution is -0.385. The van der Waals surface area contributed by atoms with Crippen molar-refractivity contribution in [3.63, 3.8) is 0 Å². The number of nitrogens with zero attached hydrogens (tertiary/aromatic N) is 1. The van der Waals surface area contributed by atoms with E-state index >= 15 is 0 Å². The van der Waals surface area contributed by atoms with Crippen LogP contribution in [0.4, 0.5) is 11.4 Å². The van der Waals surface area contributed by atoms with Gasteiger partial charge in [0.1, 0.15) is 4.90 Å². The lowest BCUT2D eigenvalue weighted by atomic mass is 10.3. The van der Waals surface area contributed by atoms with Crippen molar-refractivity contribution in [3.05, 3.63) is 28.3 Å². The van der Waals surface area contributed by atoms with Crippen LogP contribution in [0.5, 0.6) is 0 Å². The molecule has 0 bridgehead atoms. The number of hydrogen-bond donors (Lipinski definition) is 3. The van der Waals surface area contributed by atoms with Crippen molar-refractivity contribution >= 4 is 21.4 Å². The highest BCUT2D eigenvalue weighted by Gasteiger charge is 2.20. The molecule has 0 aliphatic carbocycles. The van der Waals surface area contributed by atoms with Crippen molar-refractivity contribution in [1.29, 1.82) is 0 Å². The van der Waals surface area contributed by atoms with Gasteiger partial charge in [-0.05, 0) is 6.07 Å². The smallest absolute Gasteiger partial charge is 0.270 e. The topological polar surface area (TPSA) is 136 Å². The normalized spacial score (nSPS) is 11.4. The lowest BCUT2D eigenvalue weighted by Crippen LogP contribution is -2.27. The van der Waals surface area contributed by atoms with Gasteiger partial charge in [0.2, 0.25) is 10.0 Å². The van der Waals surface area contributed by atoms with Crippen molar-refractivity contribution in [3.8, 4) is 0 Å². The van der Waals surface area contributed by atoms with Crippen LogP contribution in [0.2, 0.25) is 0 Å². The average Bonchev–Trinajstić information content (AvgIpc) is 2.26. The quantitative estimate of drug-likeness (QED) is 0.369. The van der Waals surface area contributed by atoms with E-state index in [4.69, 9.17) is 10.8 Å². The molecule has 1 rings (SSSR count). The number of nitro groups is 1. The summed E-state index contributed by atoms with van der Waals surface area (Å²) in [6, 6.07) is 3.13. The summed E-state index contributed by atoms with van der Waals surface area (Å²) in [4.78, 5) is 9.42. The van der Waals surface area contributed by atoms with Crippen LogP contribution < -0.4 is 10.5 Å². The molecule has 0 saturated heterocycles. The van der Waals surface area contributed by atoms with Gasteiger partial charge in [0.15, 0.2) is 0 Å². The molecule has 94 valence electrons. The maximum absolute atomic E-state index is 11.7. The van der Waals surface area contributed by atoms with Gasteiger partial charge in [-0.3, -0.25) is 10.1 Å². The van der Waals surface area contributed by atoms with Crippen molar-refractivity contribution in [2.45, 2.75) is 4.90 Å². The number of aliphatic hydroxyl groups is 1. The molecular formula is C8H11N3O5S. The zero-order valence-electron chi connectivity index (χ0n) is 8.66. The molecular weight excluding hydrogens is 250 g/mol. The number of nitrogens with two attached hydrogens (primary N) is 1. The highest BCUT2D eigenvalue weighted by Crippen LogP contribution is 2.23. The summed E-state index contributed by atoms with van der Waals surface area (Å²) in [5, 5.41) is 19.0. The molecule has 0 atom stereocenters. The van der Waals surface area contributed by atoms with E-state index in [2.05, 4.69) is 4.72 Å². The van der Waals surface area contributed by atoms with Crippen molar-refractivity contribution in [2.24, 2.45) is 0 Å². The standard InChI is InChI=1S/C8H11N3O5S/c9-7-2-1-6(11(13)14)5-8(7)17(15,16)10-3-4-12/h1-2,5,10,12H,3-4,9H2. The Morgan fingerprint density at radius 2 is 2.12 bits per heavy atom. The number of nitrogens with one attached hydrogen (secondary N) is 1. The van der Waals surface area contributed by atoms with E-state index in [0.717, 1.165) is 18.2 Å². The number of hydrogen-bond acceptors (Lipinski definition) is 6. The second-order valence-electron chi connectivity index (χ2n) is 3.10. The van der Waals surface area contributed by atoms with Crippen molar-refractivity contribution in [1.82, 2.24) is 4.72 Å². The third-order valence-corrected chi connectivity index (χ3v) is 3.42. The van der Waals surface area contributed by atoms with Crippen LogP contribution in [-0.2, 0) is 10.0 Å². The molecule has 17 heavy (non-hydrogen) atoms. The average molecular weight is 261 g/mol. The lowest BCUT2D eigenvalue weighted by Gasteiger charge is -2.07. The molecule has 8 nitrogen and oxygen atoms in total. The second kappa shape index (κ2) is 5.08. The molecule has 0 fully saturated rings. The van der Waals surface area contributed by atoms with E-state index in [-0.39, 0.29) is 29.4 Å². The first-order valence-corrected chi connectivity index (χ1v) is 6.01. The Morgan fingerprint density at radius 3 is 2.65 bits per heavy atom. The van der Waals surface area contributed by atoms with Gasteiger partial charge < -0.3 is 10.8 Å². The SMILES string of the molecule is Nc1ccc([N+](=O)[O-])cc1S(=O)(=O)NCCO. The Morgan fingerprint density at radius 1 is 1.47 bits per heavy atom. The van der Waals surface area contributed by atoms with Crippen LogP contribution in [0.25, 0.3) is 0 Å². The van der Waals surface area contributed by atoms with Gasteiger partial charge in [0, 0.05) is 18.7 Å². The van der Waals surface area contributed by atoms with Gasteiger partial charge in [-0.25, -0.2) is 13.1 Å². The molecule has 0 saturated carbocycles. The maximum atomic E-state index is 11.7. The van der Waals surface area contributed by atoms with Crippen molar-refractivity contribution < 1.29 is 18.4 Å². The summed E-state index contributed by atoms with van der Waals surface area (Å²) in [6.45, 7) is -0.571. The third-order valence-electron chi connectivity index (χ3n) is 1.90. The summed E-state index contributed by atoms with van der Waals surface area (Å²) in [7, 11) is -3.95. The molecule has 0 unspecified atom stereocenters. The van der Waals surface area contributed by atoms with E-state index in [1.54, 1.807) is 0 Å². The fourth-order valence-electron chi connectivity index (χ4n) is 1.13. The second-order valence-corrected chi connectivity index (χ2v) is 4.84. The minimum atomic E-state index is -3.95. The van der Waals surface area contributed by atoms with E-state index in [9.17, 15) is 18.5 Å². The van der Waals surface area contributed by atoms with E-state index in [1.807, 2.05) is 0 Å². The third kappa shape index (κ3) is 3.12. The summed E-state index contributed by atoms with van der Waals surface area (Å²) in [5.74, 6) is 0. The van der Waals surface area contributed by atoms with Gasteiger partial charge >= 0.3 is 0 Å². The number of non-ortho nitro benzene ring substituents is 1. The van der Waals surface area contributed by atoms with Crippen LogP contribution in [0.3, 0.4) is 0 Å². The van der Waals surface area contributed by atoms with Gasteiger partial charge in [0.05, 0.1) is 17.2 Å². The van der Waals surface area contributed by atoms with Gasteiger partial charge in [-0.1, -0.05) is 0 Å². The monoisotopic (exact) mass is 261 g/mol. The number of nitro benzene ring substituents is 1. The van der Waals surface area contributed by atoms with Gasteiger partial charge in [0.25, 0.3) is 5.69 Å². The summed E-state index contributed by atoms with van der Waals surface area (Å²) in [6.07, 6.45) is 0. The van der Waals surface area contributed by atoms with Crippen LogP contribution in [0, 0.1) is 10.1 Å². The minimum Gasteiger partial charge on any atom is -0.398 e. The summed E-state index contributed by atoms with van der Waals surface area (Å²) < 4.78 is 25.4. The Hall–Kier alpha value is -1.71. The molecule has 1 aromatic rings. The van der Waals surface area contributed by atoms with E-state index in [0.29, 0.717) is 0 Å². The summed E-state index contributed by atoms with van der Waals surface area (Å²) in [5.41, 5.74) is 4.98. The number of aliphatic hydroxyl groups excluding tert-OH is 1. The molecule has 0 aromatic heterocycles. The highest BCUT2D eigenvalue weighted by molar-refractivity contribution is 7.89. The largest absolute Gasteiger partial charge is 0.398 e. The maximum Gasteiger partial charge on any atom is 0.270 e. The number of benzene rings is 1. The van der Waals surface area contributed by atoms with Gasteiger partial charge in [-0.2, -0.15) is 0 Å². The minimum absolute atomic E-state index is 0.0963. The molecule has 0 spiro atoms. The predicted molar refractivity (Wildman–Crippen MR) is 59.8 cm³/mol. The van der Waals surface area contributed by atoms with E-state index < -0.39 is 14.9 Å². The van der Waals surface area contributed by atoms with E-state index in [1.165, 1.54) is 0 Å². The zero-order chi connectivity index (χ0) is 13.1. The predicted octanol–water partition coefficient (Wildman–Crippen LogP) is -0.552. The van der Waals surface area contributed by atoms with Crippen molar-refractivity contribution in [2.75, 3.05) is 18.9 Å². The molecule has 0 heterocycles. The fourth-order valence-corrected chi connectivity index (χ4v) is 2.30. The van der Waals surface area contributed by atoms with Crippen LogP contribution >= 0.6 is 0 Å². The summed E-state index contributed by atoms with van der Waals surface area (Å²) >= 11 is 0. The molecule has 9 heteroatoms. The van der Waals surface area contributed by atoms with Gasteiger partial charge in [-0.15, -0.1) is 0 Å². The first kappa shape index (κ1) is 13.4. The van der Waals surface area contributed by atoms with Crippen LogP contribution in [0.15, 0.2) is 23.1 Å². The molecule has 4 N–H and O–H groups in total. The Labute approximate surface area is 97.3 Å². The fraction of sp³-hybridized carbons (Fsp3) is 0.250.